The predicted octanol–water partition coefficient (Wildman–Crippen LogP) is 4.23. The molecule has 0 atom stereocenters. The summed E-state index contributed by atoms with van der Waals surface area (Å²) in [6.45, 7) is 0.838. The number of nitrogens with one attached hydrogen (secondary N) is 1. The van der Waals surface area contributed by atoms with E-state index in [1.807, 2.05) is 66.7 Å². The van der Waals surface area contributed by atoms with Gasteiger partial charge in [0.2, 0.25) is 0 Å². The summed E-state index contributed by atoms with van der Waals surface area (Å²) in [5.74, 6) is 1.22. The quantitative estimate of drug-likeness (QED) is 0.647. The number of hydrogen-bond donors (Lipinski definition) is 1. The van der Waals surface area contributed by atoms with Crippen molar-refractivity contribution in [3.63, 3.8) is 0 Å². The summed E-state index contributed by atoms with van der Waals surface area (Å²) in [7, 11) is 1.58. The Hall–Kier alpha value is -2.79. The number of carbonyl (C=O) groups excluding carboxylic acids is 1. The van der Waals surface area contributed by atoms with E-state index >= 15 is 0 Å². The van der Waals surface area contributed by atoms with E-state index in [2.05, 4.69) is 5.32 Å². The molecule has 0 spiro atoms. The zero-order chi connectivity index (χ0) is 17.5. The van der Waals surface area contributed by atoms with E-state index < -0.39 is 0 Å². The van der Waals surface area contributed by atoms with Crippen LogP contribution < -0.4 is 14.8 Å². The standard InChI is InChI=1S/C20H19NO3S/c1-23-17-14-18(15-8-4-2-5-9-15)25-19(17)20(22)21-12-13-24-16-10-6-3-7-11-16/h2-11,14H,12-13H2,1H3,(H,21,22). The summed E-state index contributed by atoms with van der Waals surface area (Å²) in [4.78, 5) is 14.0. The number of carbonyl (C=O) groups is 1. The number of para-hydroxylation sites is 1. The van der Waals surface area contributed by atoms with Crippen molar-refractivity contribution in [3.8, 4) is 21.9 Å². The molecule has 3 rings (SSSR count). The third-order valence-corrected chi connectivity index (χ3v) is 4.75. The first kappa shape index (κ1) is 17.0. The summed E-state index contributed by atoms with van der Waals surface area (Å²) in [6, 6.07) is 21.4. The van der Waals surface area contributed by atoms with Gasteiger partial charge in [-0.3, -0.25) is 4.79 Å². The van der Waals surface area contributed by atoms with Gasteiger partial charge in [0.05, 0.1) is 13.7 Å². The summed E-state index contributed by atoms with van der Waals surface area (Å²) < 4.78 is 10.9. The molecule has 0 bridgehead atoms. The number of benzene rings is 2. The average molecular weight is 353 g/mol. The number of rotatable bonds is 7. The lowest BCUT2D eigenvalue weighted by Crippen LogP contribution is -2.27. The zero-order valence-corrected chi connectivity index (χ0v) is 14.7. The Morgan fingerprint density at radius 1 is 1.04 bits per heavy atom. The van der Waals surface area contributed by atoms with Gasteiger partial charge in [-0.1, -0.05) is 48.5 Å². The fourth-order valence-electron chi connectivity index (χ4n) is 2.36. The maximum absolute atomic E-state index is 12.4. The first-order valence-electron chi connectivity index (χ1n) is 7.97. The van der Waals surface area contributed by atoms with Crippen LogP contribution in [0.25, 0.3) is 10.4 Å². The molecular weight excluding hydrogens is 334 g/mol. The van der Waals surface area contributed by atoms with Gasteiger partial charge >= 0.3 is 0 Å². The van der Waals surface area contributed by atoms with E-state index in [9.17, 15) is 4.79 Å². The third kappa shape index (κ3) is 4.39. The maximum atomic E-state index is 12.4. The number of amides is 1. The molecule has 5 heteroatoms. The molecule has 1 aromatic heterocycles. The van der Waals surface area contributed by atoms with Crippen LogP contribution in [0.5, 0.6) is 11.5 Å². The van der Waals surface area contributed by atoms with Crippen LogP contribution in [0.15, 0.2) is 66.7 Å². The van der Waals surface area contributed by atoms with Crippen LogP contribution >= 0.6 is 11.3 Å². The Labute approximate surface area is 151 Å². The van der Waals surface area contributed by atoms with Crippen LogP contribution in [0.4, 0.5) is 0 Å². The highest BCUT2D eigenvalue weighted by atomic mass is 32.1. The first-order valence-corrected chi connectivity index (χ1v) is 8.79. The number of methoxy groups -OCH3 is 1. The average Bonchev–Trinajstić information content (AvgIpc) is 3.11. The van der Waals surface area contributed by atoms with Crippen molar-refractivity contribution in [1.29, 1.82) is 0 Å². The highest BCUT2D eigenvalue weighted by Crippen LogP contribution is 2.36. The Morgan fingerprint density at radius 3 is 2.40 bits per heavy atom. The highest BCUT2D eigenvalue weighted by Gasteiger charge is 2.17. The lowest BCUT2D eigenvalue weighted by atomic mass is 10.2. The van der Waals surface area contributed by atoms with Gasteiger partial charge in [0.25, 0.3) is 5.91 Å². The molecule has 0 radical (unpaired) electrons. The summed E-state index contributed by atoms with van der Waals surface area (Å²) in [6.07, 6.45) is 0. The summed E-state index contributed by atoms with van der Waals surface area (Å²) in [5.41, 5.74) is 1.07. The molecule has 0 aliphatic rings. The van der Waals surface area contributed by atoms with E-state index in [4.69, 9.17) is 9.47 Å². The van der Waals surface area contributed by atoms with Crippen molar-refractivity contribution in [2.75, 3.05) is 20.3 Å². The molecule has 0 fully saturated rings. The van der Waals surface area contributed by atoms with Crippen LogP contribution in [0.2, 0.25) is 0 Å². The van der Waals surface area contributed by atoms with E-state index in [0.717, 1.165) is 16.2 Å². The molecule has 0 aliphatic heterocycles. The molecule has 1 amide bonds. The van der Waals surface area contributed by atoms with Crippen LogP contribution in [-0.4, -0.2) is 26.2 Å². The Morgan fingerprint density at radius 2 is 1.72 bits per heavy atom. The Balaban J connectivity index is 1.60. The molecule has 0 aliphatic carbocycles. The monoisotopic (exact) mass is 353 g/mol. The fourth-order valence-corrected chi connectivity index (χ4v) is 3.41. The van der Waals surface area contributed by atoms with Crippen molar-refractivity contribution >= 4 is 17.2 Å². The Bertz CT molecular complexity index is 815. The molecular formula is C20H19NO3S. The van der Waals surface area contributed by atoms with Gasteiger partial charge in [-0.25, -0.2) is 0 Å². The topological polar surface area (TPSA) is 47.6 Å². The number of ether oxygens (including phenoxy) is 2. The number of hydrogen-bond acceptors (Lipinski definition) is 4. The molecule has 1 N–H and O–H groups in total. The third-order valence-electron chi connectivity index (χ3n) is 3.58. The van der Waals surface area contributed by atoms with Crippen molar-refractivity contribution in [2.24, 2.45) is 0 Å². The van der Waals surface area contributed by atoms with Crippen molar-refractivity contribution < 1.29 is 14.3 Å². The number of thiophene rings is 1. The van der Waals surface area contributed by atoms with Gasteiger partial charge in [-0.15, -0.1) is 11.3 Å². The maximum Gasteiger partial charge on any atom is 0.265 e. The van der Waals surface area contributed by atoms with Gasteiger partial charge in [-0.05, 0) is 23.8 Å². The van der Waals surface area contributed by atoms with Crippen LogP contribution in [0, 0.1) is 0 Å². The van der Waals surface area contributed by atoms with Gasteiger partial charge < -0.3 is 14.8 Å². The molecule has 2 aromatic carbocycles. The van der Waals surface area contributed by atoms with Crippen molar-refractivity contribution in [1.82, 2.24) is 5.32 Å². The summed E-state index contributed by atoms with van der Waals surface area (Å²) >= 11 is 1.42. The zero-order valence-electron chi connectivity index (χ0n) is 13.9. The minimum Gasteiger partial charge on any atom is -0.495 e. The second kappa shape index (κ2) is 8.35. The van der Waals surface area contributed by atoms with Crippen molar-refractivity contribution in [3.05, 3.63) is 71.6 Å². The van der Waals surface area contributed by atoms with Crippen LogP contribution in [0.1, 0.15) is 9.67 Å². The van der Waals surface area contributed by atoms with Crippen molar-refractivity contribution in [2.45, 2.75) is 0 Å². The largest absolute Gasteiger partial charge is 0.495 e. The van der Waals surface area contributed by atoms with Gasteiger partial charge in [0, 0.05) is 4.88 Å². The predicted molar refractivity (Wildman–Crippen MR) is 101 cm³/mol. The summed E-state index contributed by atoms with van der Waals surface area (Å²) in [5, 5.41) is 2.88. The molecule has 0 unspecified atom stereocenters. The van der Waals surface area contributed by atoms with Gasteiger partial charge in [0.1, 0.15) is 23.0 Å². The van der Waals surface area contributed by atoms with E-state index in [1.165, 1.54) is 11.3 Å². The molecule has 1 heterocycles. The molecule has 0 saturated heterocycles. The first-order chi connectivity index (χ1) is 12.3. The lowest BCUT2D eigenvalue weighted by Gasteiger charge is -2.07. The molecule has 25 heavy (non-hydrogen) atoms. The SMILES string of the molecule is COc1cc(-c2ccccc2)sc1C(=O)NCCOc1ccccc1. The minimum absolute atomic E-state index is 0.152. The molecule has 4 nitrogen and oxygen atoms in total. The second-order valence-corrected chi connectivity index (χ2v) is 6.34. The Kier molecular flexibility index (Phi) is 5.69. The second-order valence-electron chi connectivity index (χ2n) is 5.29. The lowest BCUT2D eigenvalue weighted by molar-refractivity contribution is 0.0948. The van der Waals surface area contributed by atoms with E-state index in [-0.39, 0.29) is 5.91 Å². The minimum atomic E-state index is -0.152. The molecule has 3 aromatic rings. The normalized spacial score (nSPS) is 10.3. The van der Waals surface area contributed by atoms with Gasteiger partial charge in [-0.2, -0.15) is 0 Å². The molecule has 128 valence electrons. The smallest absolute Gasteiger partial charge is 0.265 e. The van der Waals surface area contributed by atoms with Crippen LogP contribution in [0.3, 0.4) is 0 Å². The van der Waals surface area contributed by atoms with E-state index in [0.29, 0.717) is 23.8 Å². The fraction of sp³-hybridized carbons (Fsp3) is 0.150. The molecule has 0 saturated carbocycles. The van der Waals surface area contributed by atoms with E-state index in [1.54, 1.807) is 7.11 Å². The highest BCUT2D eigenvalue weighted by molar-refractivity contribution is 7.17. The van der Waals surface area contributed by atoms with Crippen LogP contribution in [-0.2, 0) is 0 Å². The van der Waals surface area contributed by atoms with Gasteiger partial charge in [0.15, 0.2) is 0 Å².